The Morgan fingerprint density at radius 2 is 0.450 bits per heavy atom. The van der Waals surface area contributed by atoms with Crippen LogP contribution >= 0.6 is 0 Å². The number of ether oxygens (including phenoxy) is 3. The third-order valence-corrected chi connectivity index (χ3v) is 16.4. The fraction of sp³-hybridized carbons (Fsp3) is 0.878. The quantitative estimate of drug-likeness (QED) is 0.0261. The molecule has 0 fully saturated rings. The summed E-state index contributed by atoms with van der Waals surface area (Å²) in [6.07, 6.45) is 86.0. The van der Waals surface area contributed by atoms with E-state index in [0.717, 1.165) is 70.6 Å². The number of carbonyl (C=O) groups is 3. The summed E-state index contributed by atoms with van der Waals surface area (Å²) in [6, 6.07) is 0. The Bertz CT molecular complexity index is 1340. The fourth-order valence-corrected chi connectivity index (χ4v) is 10.9. The highest BCUT2D eigenvalue weighted by atomic mass is 16.6. The van der Waals surface area contributed by atoms with E-state index in [1.165, 1.54) is 289 Å². The van der Waals surface area contributed by atoms with Crippen LogP contribution in [0.4, 0.5) is 0 Å². The maximum atomic E-state index is 13.0. The first-order chi connectivity index (χ1) is 39.5. The Morgan fingerprint density at radius 1 is 0.250 bits per heavy atom. The lowest BCUT2D eigenvalue weighted by Gasteiger charge is -2.18. The van der Waals surface area contributed by atoms with Crippen molar-refractivity contribution in [2.75, 3.05) is 13.2 Å². The van der Waals surface area contributed by atoms with Crippen LogP contribution in [0.3, 0.4) is 0 Å². The molecule has 0 amide bonds. The van der Waals surface area contributed by atoms with Gasteiger partial charge < -0.3 is 14.2 Å². The second kappa shape index (κ2) is 69.1. The topological polar surface area (TPSA) is 78.9 Å². The lowest BCUT2D eigenvalue weighted by Crippen LogP contribution is -2.30. The largest absolute Gasteiger partial charge is 0.462 e. The van der Waals surface area contributed by atoms with E-state index in [2.05, 4.69) is 57.2 Å². The molecular formula is C74H138O6. The van der Waals surface area contributed by atoms with Gasteiger partial charge in [-0.3, -0.25) is 14.4 Å². The number of allylic oxidation sites excluding steroid dienone is 6. The van der Waals surface area contributed by atoms with Crippen LogP contribution in [-0.2, 0) is 28.6 Å². The molecule has 0 aromatic rings. The number of carbonyl (C=O) groups excluding carboxylic acids is 3. The number of hydrogen-bond acceptors (Lipinski definition) is 6. The van der Waals surface area contributed by atoms with Gasteiger partial charge in [-0.05, 0) is 77.0 Å². The number of hydrogen-bond donors (Lipinski definition) is 0. The molecule has 0 spiro atoms. The first kappa shape index (κ1) is 77.6. The summed E-state index contributed by atoms with van der Waals surface area (Å²) in [5.41, 5.74) is 0. The zero-order valence-corrected chi connectivity index (χ0v) is 54.1. The van der Waals surface area contributed by atoms with Crippen molar-refractivity contribution >= 4 is 17.9 Å². The summed E-state index contributed by atoms with van der Waals surface area (Å²) in [5.74, 6) is -0.851. The van der Waals surface area contributed by atoms with Crippen molar-refractivity contribution in [3.63, 3.8) is 0 Å². The molecule has 0 rings (SSSR count). The van der Waals surface area contributed by atoms with Crippen LogP contribution in [0.1, 0.15) is 400 Å². The predicted octanol–water partition coefficient (Wildman–Crippen LogP) is 24.7. The molecule has 0 radical (unpaired) electrons. The normalized spacial score (nSPS) is 12.2. The zero-order chi connectivity index (χ0) is 57.8. The van der Waals surface area contributed by atoms with Gasteiger partial charge in [0.15, 0.2) is 6.10 Å². The Morgan fingerprint density at radius 3 is 0.725 bits per heavy atom. The molecular weight excluding hydrogens is 985 g/mol. The molecule has 0 saturated heterocycles. The summed E-state index contributed by atoms with van der Waals surface area (Å²) < 4.78 is 17.0. The third kappa shape index (κ3) is 66.4. The van der Waals surface area contributed by atoms with E-state index < -0.39 is 6.10 Å². The zero-order valence-electron chi connectivity index (χ0n) is 54.1. The molecule has 0 aliphatic heterocycles. The Kier molecular flexibility index (Phi) is 67.1. The van der Waals surface area contributed by atoms with E-state index in [1.807, 2.05) is 0 Å². The fourth-order valence-electron chi connectivity index (χ4n) is 10.9. The van der Waals surface area contributed by atoms with Crippen molar-refractivity contribution in [3.05, 3.63) is 36.5 Å². The van der Waals surface area contributed by atoms with Crippen molar-refractivity contribution < 1.29 is 28.6 Å². The van der Waals surface area contributed by atoms with Crippen LogP contribution in [0.15, 0.2) is 36.5 Å². The number of rotatable bonds is 67. The molecule has 0 aliphatic rings. The van der Waals surface area contributed by atoms with E-state index in [4.69, 9.17) is 14.2 Å². The maximum Gasteiger partial charge on any atom is 0.306 e. The molecule has 0 saturated carbocycles. The van der Waals surface area contributed by atoms with E-state index in [-0.39, 0.29) is 31.1 Å². The van der Waals surface area contributed by atoms with E-state index in [0.29, 0.717) is 19.3 Å². The highest BCUT2D eigenvalue weighted by molar-refractivity contribution is 5.71. The van der Waals surface area contributed by atoms with Gasteiger partial charge in [0.1, 0.15) is 13.2 Å². The van der Waals surface area contributed by atoms with Crippen LogP contribution in [0, 0.1) is 0 Å². The van der Waals surface area contributed by atoms with E-state index >= 15 is 0 Å². The predicted molar refractivity (Wildman–Crippen MR) is 349 cm³/mol. The van der Waals surface area contributed by atoms with Crippen LogP contribution in [0.25, 0.3) is 0 Å². The third-order valence-electron chi connectivity index (χ3n) is 16.4. The standard InChI is InChI=1S/C74H138O6/c1-4-7-10-13-16-19-22-25-28-31-33-35-36-37-39-40-43-46-49-52-55-58-61-64-67-73(76)79-70-71(69-78-72(75)66-63-60-57-54-51-48-45-42-30-27-24-21-18-15-12-9-6-3)80-74(77)68-65-62-59-56-53-50-47-44-41-38-34-32-29-26-23-20-17-14-11-8-5-2/h18,21,27,30,32,34,71H,4-17,19-20,22-26,28-29,31,33,35-70H2,1-3H3/b21-18-,30-27-,34-32-. The molecule has 0 bridgehead atoms. The van der Waals surface area contributed by atoms with Crippen molar-refractivity contribution in [1.82, 2.24) is 0 Å². The van der Waals surface area contributed by atoms with Gasteiger partial charge in [0.2, 0.25) is 0 Å². The van der Waals surface area contributed by atoms with Crippen molar-refractivity contribution in [2.24, 2.45) is 0 Å². The summed E-state index contributed by atoms with van der Waals surface area (Å²) in [5, 5.41) is 0. The monoisotopic (exact) mass is 1120 g/mol. The van der Waals surface area contributed by atoms with E-state index in [1.54, 1.807) is 0 Å². The second-order valence-corrected chi connectivity index (χ2v) is 24.5. The maximum absolute atomic E-state index is 13.0. The molecule has 0 N–H and O–H groups in total. The minimum absolute atomic E-state index is 0.0706. The number of esters is 3. The SMILES string of the molecule is CCCCC/C=C\C/C=C\CCCCCCCCCC(=O)OCC(COC(=O)CCCCCCCCCCCCCCCCCCCCCCCCCC)OC(=O)CCCCCCCCCCC/C=C\CCCCCCCCCC. The second-order valence-electron chi connectivity index (χ2n) is 24.5. The Labute approximate surface area is 499 Å². The summed E-state index contributed by atoms with van der Waals surface area (Å²) in [7, 11) is 0. The van der Waals surface area contributed by atoms with Crippen LogP contribution < -0.4 is 0 Å². The molecule has 1 unspecified atom stereocenters. The first-order valence-electron chi connectivity index (χ1n) is 36.0. The lowest BCUT2D eigenvalue weighted by molar-refractivity contribution is -0.167. The van der Waals surface area contributed by atoms with Gasteiger partial charge in [0, 0.05) is 19.3 Å². The average molecular weight is 1120 g/mol. The minimum Gasteiger partial charge on any atom is -0.462 e. The Balaban J connectivity index is 4.29. The molecule has 0 aromatic heterocycles. The van der Waals surface area contributed by atoms with Gasteiger partial charge >= 0.3 is 17.9 Å². The van der Waals surface area contributed by atoms with Crippen molar-refractivity contribution in [1.29, 1.82) is 0 Å². The molecule has 0 aromatic carbocycles. The van der Waals surface area contributed by atoms with Gasteiger partial charge in [-0.1, -0.05) is 340 Å². The highest BCUT2D eigenvalue weighted by Gasteiger charge is 2.19. The first-order valence-corrected chi connectivity index (χ1v) is 36.0. The molecule has 80 heavy (non-hydrogen) atoms. The molecule has 1 atom stereocenters. The van der Waals surface area contributed by atoms with Crippen molar-refractivity contribution in [3.8, 4) is 0 Å². The van der Waals surface area contributed by atoms with Crippen LogP contribution in [0.5, 0.6) is 0 Å². The lowest BCUT2D eigenvalue weighted by atomic mass is 10.0. The van der Waals surface area contributed by atoms with Crippen LogP contribution in [-0.4, -0.2) is 37.2 Å². The molecule has 0 heterocycles. The van der Waals surface area contributed by atoms with E-state index in [9.17, 15) is 14.4 Å². The minimum atomic E-state index is -0.776. The van der Waals surface area contributed by atoms with Gasteiger partial charge in [0.05, 0.1) is 0 Å². The molecule has 0 aliphatic carbocycles. The highest BCUT2D eigenvalue weighted by Crippen LogP contribution is 2.19. The number of unbranched alkanes of at least 4 members (excludes halogenated alkanes) is 50. The Hall–Kier alpha value is -2.37. The summed E-state index contributed by atoms with van der Waals surface area (Å²) in [4.78, 5) is 38.5. The summed E-state index contributed by atoms with van der Waals surface area (Å²) >= 11 is 0. The molecule has 470 valence electrons. The average Bonchev–Trinajstić information content (AvgIpc) is 3.46. The molecule has 6 heteroatoms. The summed E-state index contributed by atoms with van der Waals surface area (Å²) in [6.45, 7) is 6.69. The van der Waals surface area contributed by atoms with Crippen LogP contribution in [0.2, 0.25) is 0 Å². The van der Waals surface area contributed by atoms with Crippen molar-refractivity contribution in [2.45, 2.75) is 406 Å². The smallest absolute Gasteiger partial charge is 0.306 e. The molecule has 6 nitrogen and oxygen atoms in total. The van der Waals surface area contributed by atoms with Gasteiger partial charge in [0.25, 0.3) is 0 Å². The van der Waals surface area contributed by atoms with Gasteiger partial charge in [-0.15, -0.1) is 0 Å². The van der Waals surface area contributed by atoms with Gasteiger partial charge in [-0.2, -0.15) is 0 Å². The van der Waals surface area contributed by atoms with Gasteiger partial charge in [-0.25, -0.2) is 0 Å².